The van der Waals surface area contributed by atoms with E-state index in [4.69, 9.17) is 4.74 Å². The lowest BCUT2D eigenvalue weighted by atomic mass is 9.83. The monoisotopic (exact) mass is 557 g/mol. The third kappa shape index (κ3) is 5.96. The normalized spacial score (nSPS) is 23.3. The van der Waals surface area contributed by atoms with Gasteiger partial charge < -0.3 is 9.22 Å². The molecule has 3 aliphatic heterocycles. The number of nitrogens with zero attached hydrogens (tertiary/aromatic N) is 2. The van der Waals surface area contributed by atoms with Gasteiger partial charge in [-0.1, -0.05) is 30.3 Å². The van der Waals surface area contributed by atoms with Gasteiger partial charge in [-0.3, -0.25) is 4.90 Å². The molecule has 4 heterocycles. The molecule has 7 heteroatoms. The minimum atomic E-state index is -0.345. The van der Waals surface area contributed by atoms with E-state index in [9.17, 15) is 9.18 Å². The fourth-order valence-corrected chi connectivity index (χ4v) is 7.07. The maximum atomic E-state index is 13.6. The molecular weight excluding hydrogens is 527 g/mol. The van der Waals surface area contributed by atoms with Crippen LogP contribution < -0.4 is 4.90 Å². The highest BCUT2D eigenvalue weighted by Crippen LogP contribution is 2.37. The summed E-state index contributed by atoms with van der Waals surface area (Å²) in [6.07, 6.45) is 4.03. The van der Waals surface area contributed by atoms with Crippen molar-refractivity contribution in [1.82, 2.24) is 0 Å². The number of rotatable bonds is 8. The molecule has 2 bridgehead atoms. The van der Waals surface area contributed by atoms with Gasteiger partial charge in [0.05, 0.1) is 30.0 Å². The third-order valence-corrected chi connectivity index (χ3v) is 9.14. The van der Waals surface area contributed by atoms with E-state index in [1.165, 1.54) is 30.8 Å². The van der Waals surface area contributed by atoms with Gasteiger partial charge in [0.15, 0.2) is 6.10 Å². The van der Waals surface area contributed by atoms with E-state index in [1.807, 2.05) is 12.1 Å². The van der Waals surface area contributed by atoms with Crippen LogP contribution in [0.4, 0.5) is 14.9 Å². The van der Waals surface area contributed by atoms with Gasteiger partial charge in [0.25, 0.3) is 0 Å². The molecule has 1 unspecified atom stereocenters. The van der Waals surface area contributed by atoms with Crippen molar-refractivity contribution in [3.05, 3.63) is 86.8 Å². The second kappa shape index (κ2) is 10.8. The molecule has 1 amide bonds. The number of carbonyl (C=O) groups excluding carboxylic acids is 1. The molecule has 35 heavy (non-hydrogen) atoms. The Kier molecular flexibility index (Phi) is 7.56. The number of quaternary nitrogens is 1. The largest absolute Gasteiger partial charge is 0.440 e. The number of fused-ring (bicyclic) bond motifs is 3. The molecular formula is C28H31BrFN2O2S+. The van der Waals surface area contributed by atoms with Gasteiger partial charge >= 0.3 is 6.09 Å². The molecule has 0 aliphatic carbocycles. The van der Waals surface area contributed by atoms with Gasteiger partial charge in [0.1, 0.15) is 12.4 Å². The van der Waals surface area contributed by atoms with Crippen molar-refractivity contribution in [3.63, 3.8) is 0 Å². The summed E-state index contributed by atoms with van der Waals surface area (Å²) >= 11 is 5.09. The van der Waals surface area contributed by atoms with Crippen molar-refractivity contribution in [3.8, 4) is 0 Å². The minimum absolute atomic E-state index is 0.0697. The first-order chi connectivity index (χ1) is 17.0. The fraction of sp³-hybridized carbons (Fsp3) is 0.393. The number of carbonyl (C=O) groups is 1. The van der Waals surface area contributed by atoms with E-state index in [2.05, 4.69) is 46.3 Å². The Balaban J connectivity index is 1.26. The molecule has 0 saturated carbocycles. The van der Waals surface area contributed by atoms with E-state index in [-0.39, 0.29) is 18.0 Å². The zero-order chi connectivity index (χ0) is 24.3. The zero-order valence-corrected chi connectivity index (χ0v) is 22.1. The number of ether oxygens (including phenoxy) is 1. The topological polar surface area (TPSA) is 29.5 Å². The first kappa shape index (κ1) is 24.5. The van der Waals surface area contributed by atoms with Crippen LogP contribution in [0, 0.1) is 11.7 Å². The number of hydrogen-bond donors (Lipinski definition) is 0. The average molecular weight is 559 g/mol. The Hall–Kier alpha value is -2.22. The molecule has 2 aromatic carbocycles. The second-order valence-electron chi connectivity index (χ2n) is 9.81. The Labute approximate surface area is 219 Å². The first-order valence-corrected chi connectivity index (χ1v) is 14.0. The van der Waals surface area contributed by atoms with Crippen molar-refractivity contribution < 1.29 is 18.4 Å². The van der Waals surface area contributed by atoms with Gasteiger partial charge in [-0.2, -0.15) is 0 Å². The van der Waals surface area contributed by atoms with Crippen LogP contribution in [0.15, 0.2) is 70.5 Å². The lowest BCUT2D eigenvalue weighted by molar-refractivity contribution is -0.946. The smallest absolute Gasteiger partial charge is 0.415 e. The molecule has 0 N–H and O–H groups in total. The number of thiophene rings is 1. The Morgan fingerprint density at radius 2 is 1.80 bits per heavy atom. The van der Waals surface area contributed by atoms with Gasteiger partial charge in [-0.05, 0) is 64.3 Å². The van der Waals surface area contributed by atoms with Crippen molar-refractivity contribution in [1.29, 1.82) is 0 Å². The molecule has 3 saturated heterocycles. The molecule has 184 valence electrons. The first-order valence-electron chi connectivity index (χ1n) is 12.4. The average Bonchev–Trinajstić information content (AvgIpc) is 3.29. The minimum Gasteiger partial charge on any atom is -0.440 e. The summed E-state index contributed by atoms with van der Waals surface area (Å²) in [6, 6.07) is 20.7. The number of hydrogen-bond acceptors (Lipinski definition) is 3. The van der Waals surface area contributed by atoms with Gasteiger partial charge in [0, 0.05) is 35.7 Å². The SMILES string of the molecule is O=C(OC1C[N+]2(CCCc3ccccc3)CCC1CC2)N(Cc1ccc(Br)s1)c1ccc(F)cc1. The number of amides is 1. The summed E-state index contributed by atoms with van der Waals surface area (Å²) in [4.78, 5) is 16.2. The highest BCUT2D eigenvalue weighted by atomic mass is 79.9. The molecule has 0 spiro atoms. The van der Waals surface area contributed by atoms with Crippen molar-refractivity contribution in [2.24, 2.45) is 5.92 Å². The molecule has 3 aliphatic rings. The predicted octanol–water partition coefficient (Wildman–Crippen LogP) is 7.03. The Morgan fingerprint density at radius 1 is 1.06 bits per heavy atom. The third-order valence-electron chi connectivity index (χ3n) is 7.54. The molecule has 1 aromatic heterocycles. The van der Waals surface area contributed by atoms with E-state index in [0.717, 1.165) is 51.9 Å². The van der Waals surface area contributed by atoms with E-state index < -0.39 is 0 Å². The van der Waals surface area contributed by atoms with Crippen LogP contribution in [0.5, 0.6) is 0 Å². The highest BCUT2D eigenvalue weighted by Gasteiger charge is 2.47. The summed E-state index contributed by atoms with van der Waals surface area (Å²) in [5.41, 5.74) is 2.03. The van der Waals surface area contributed by atoms with E-state index >= 15 is 0 Å². The number of halogens is 2. The predicted molar refractivity (Wildman–Crippen MR) is 142 cm³/mol. The van der Waals surface area contributed by atoms with Crippen molar-refractivity contribution in [2.45, 2.75) is 38.3 Å². The number of piperidine rings is 3. The van der Waals surface area contributed by atoms with Crippen molar-refractivity contribution in [2.75, 3.05) is 31.1 Å². The summed E-state index contributed by atoms with van der Waals surface area (Å²) in [5, 5.41) is 0. The zero-order valence-electron chi connectivity index (χ0n) is 19.7. The second-order valence-corrected chi connectivity index (χ2v) is 12.4. The quantitative estimate of drug-likeness (QED) is 0.278. The Bertz CT molecular complexity index is 1130. The van der Waals surface area contributed by atoms with E-state index in [1.54, 1.807) is 28.4 Å². The van der Waals surface area contributed by atoms with Crippen LogP contribution in [0.25, 0.3) is 0 Å². The van der Waals surface area contributed by atoms with Gasteiger partial charge in [-0.15, -0.1) is 11.3 Å². The fourth-order valence-electron chi connectivity index (χ4n) is 5.60. The summed E-state index contributed by atoms with van der Waals surface area (Å²) in [7, 11) is 0. The highest BCUT2D eigenvalue weighted by molar-refractivity contribution is 9.11. The molecule has 4 nitrogen and oxygen atoms in total. The lowest BCUT2D eigenvalue weighted by Gasteiger charge is -2.52. The van der Waals surface area contributed by atoms with Crippen LogP contribution in [-0.2, 0) is 17.7 Å². The number of anilines is 1. The summed E-state index contributed by atoms with van der Waals surface area (Å²) in [6.45, 7) is 4.78. The van der Waals surface area contributed by atoms with Crippen LogP contribution in [0.3, 0.4) is 0 Å². The maximum Gasteiger partial charge on any atom is 0.415 e. The van der Waals surface area contributed by atoms with Crippen molar-refractivity contribution >= 4 is 39.0 Å². The van der Waals surface area contributed by atoms with E-state index in [0.29, 0.717) is 18.2 Å². The maximum absolute atomic E-state index is 13.6. The molecule has 3 aromatic rings. The van der Waals surface area contributed by atoms with Crippen LogP contribution in [-0.4, -0.2) is 42.9 Å². The standard InChI is InChI=1S/C28H31BrFN2O2S/c29-27-13-12-25(35-27)19-31(24-10-8-23(30)9-11-24)28(33)34-26-20-32(17-14-22(26)15-18-32)16-4-7-21-5-2-1-3-6-21/h1-3,5-6,8-13,22,26H,4,7,14-20H2/q+1. The van der Waals surface area contributed by atoms with Crippen LogP contribution in [0.2, 0.25) is 0 Å². The summed E-state index contributed by atoms with van der Waals surface area (Å²) < 4.78 is 21.8. The van der Waals surface area contributed by atoms with Gasteiger partial charge in [-0.25, -0.2) is 9.18 Å². The van der Waals surface area contributed by atoms with Crippen LogP contribution >= 0.6 is 27.3 Å². The van der Waals surface area contributed by atoms with Gasteiger partial charge in [0.2, 0.25) is 0 Å². The lowest BCUT2D eigenvalue weighted by Crippen LogP contribution is -2.65. The molecule has 0 radical (unpaired) electrons. The van der Waals surface area contributed by atoms with Crippen LogP contribution in [0.1, 0.15) is 29.7 Å². The summed E-state index contributed by atoms with van der Waals surface area (Å²) in [5.74, 6) is 0.110. The Morgan fingerprint density at radius 3 is 2.49 bits per heavy atom. The molecule has 6 rings (SSSR count). The number of aryl methyl sites for hydroxylation is 1. The number of benzene rings is 2. The molecule has 1 atom stereocenters. The molecule has 3 fully saturated rings.